The van der Waals surface area contributed by atoms with Crippen LogP contribution >= 0.6 is 0 Å². The van der Waals surface area contributed by atoms with Crippen molar-refractivity contribution in [1.82, 2.24) is 0 Å². The van der Waals surface area contributed by atoms with Crippen molar-refractivity contribution in [1.29, 1.82) is 0 Å². The first-order chi connectivity index (χ1) is 33.4. The Morgan fingerprint density at radius 1 is 0.279 bits per heavy atom. The zero-order chi connectivity index (χ0) is 49.5. The van der Waals surface area contributed by atoms with E-state index in [1.54, 1.807) is 0 Å². The zero-order valence-electron chi connectivity index (χ0n) is 46.6. The smallest absolute Gasteiger partial charge is 0.306 e. The summed E-state index contributed by atoms with van der Waals surface area (Å²) in [5.74, 6) is 0.0146. The van der Waals surface area contributed by atoms with Crippen LogP contribution in [0.2, 0.25) is 0 Å². The Labute approximate surface area is 425 Å². The fourth-order valence-corrected chi connectivity index (χ4v) is 9.63. The van der Waals surface area contributed by atoms with Crippen LogP contribution in [0.25, 0.3) is 0 Å². The van der Waals surface area contributed by atoms with Gasteiger partial charge in [0, 0.05) is 19.3 Å². The van der Waals surface area contributed by atoms with Crippen LogP contribution in [0.1, 0.15) is 355 Å². The monoisotopic (exact) mass is 961 g/mol. The Bertz CT molecular complexity index is 1030. The van der Waals surface area contributed by atoms with Gasteiger partial charge in [-0.25, -0.2) is 0 Å². The van der Waals surface area contributed by atoms with Gasteiger partial charge in [0.05, 0.1) is 0 Å². The molecule has 6 nitrogen and oxygen atoms in total. The molecule has 0 spiro atoms. The van der Waals surface area contributed by atoms with Crippen molar-refractivity contribution in [2.24, 2.45) is 5.92 Å². The van der Waals surface area contributed by atoms with Gasteiger partial charge in [-0.15, -0.1) is 0 Å². The summed E-state index contributed by atoms with van der Waals surface area (Å²) in [5, 5.41) is 0. The van der Waals surface area contributed by atoms with Crippen LogP contribution in [0.15, 0.2) is 0 Å². The number of hydrogen-bond acceptors (Lipinski definition) is 6. The predicted octanol–water partition coefficient (Wildman–Crippen LogP) is 20.6. The molecule has 1 atom stereocenters. The fourth-order valence-electron chi connectivity index (χ4n) is 9.63. The minimum absolute atomic E-state index is 0.0614. The minimum atomic E-state index is -0.762. The molecule has 0 unspecified atom stereocenters. The number of carbonyl (C=O) groups excluding carboxylic acids is 3. The lowest BCUT2D eigenvalue weighted by molar-refractivity contribution is -0.167. The Hall–Kier alpha value is -1.59. The summed E-state index contributed by atoms with van der Waals surface area (Å²) in [6.45, 7) is 9.08. The minimum Gasteiger partial charge on any atom is -0.462 e. The Morgan fingerprint density at radius 2 is 0.485 bits per heavy atom. The number of carbonyl (C=O) groups is 3. The van der Waals surface area contributed by atoms with E-state index < -0.39 is 6.10 Å². The molecule has 0 saturated carbocycles. The molecule has 0 N–H and O–H groups in total. The van der Waals surface area contributed by atoms with Crippen LogP contribution in [0.5, 0.6) is 0 Å². The van der Waals surface area contributed by atoms with Gasteiger partial charge in [0.25, 0.3) is 0 Å². The number of ether oxygens (including phenoxy) is 3. The molecular weight excluding hydrogens is 841 g/mol. The number of esters is 3. The summed E-state index contributed by atoms with van der Waals surface area (Å²) in [6.07, 6.45) is 62.4. The van der Waals surface area contributed by atoms with Gasteiger partial charge in [-0.2, -0.15) is 0 Å². The Balaban J connectivity index is 4.28. The first-order valence-corrected chi connectivity index (χ1v) is 30.9. The first-order valence-electron chi connectivity index (χ1n) is 30.9. The fraction of sp³-hybridized carbons (Fsp3) is 0.952. The third-order valence-electron chi connectivity index (χ3n) is 14.3. The van der Waals surface area contributed by atoms with E-state index in [9.17, 15) is 14.4 Å². The lowest BCUT2D eigenvalue weighted by Gasteiger charge is -2.18. The van der Waals surface area contributed by atoms with Gasteiger partial charge in [-0.1, -0.05) is 317 Å². The summed E-state index contributed by atoms with van der Waals surface area (Å²) >= 11 is 0. The van der Waals surface area contributed by atoms with E-state index in [2.05, 4.69) is 27.7 Å². The van der Waals surface area contributed by atoms with Crippen molar-refractivity contribution in [3.05, 3.63) is 0 Å². The van der Waals surface area contributed by atoms with Gasteiger partial charge in [0.1, 0.15) is 13.2 Å². The maximum absolute atomic E-state index is 12.9. The maximum Gasteiger partial charge on any atom is 0.306 e. The molecule has 0 bridgehead atoms. The van der Waals surface area contributed by atoms with E-state index >= 15 is 0 Å². The third-order valence-corrected chi connectivity index (χ3v) is 14.3. The standard InChI is InChI=1S/C62H120O6/c1-5-7-9-11-13-15-17-19-21-22-23-24-25-31-35-39-43-47-51-55-62(65)68-59(56-66-60(63)53-49-45-41-37-33-29-20-18-16-14-12-10-8-6-2)57-67-61(64)54-50-46-42-38-34-30-27-26-28-32-36-40-44-48-52-58(3)4/h58-59H,5-57H2,1-4H3/t59-/m1/s1. The molecule has 0 aliphatic heterocycles. The van der Waals surface area contributed by atoms with Crippen molar-refractivity contribution in [3.63, 3.8) is 0 Å². The molecule has 0 aromatic rings. The molecule has 0 aliphatic rings. The predicted molar refractivity (Wildman–Crippen MR) is 293 cm³/mol. The SMILES string of the molecule is CCCCCCCCCCCCCCCCCCCCCC(=O)O[C@H](COC(=O)CCCCCCCCCCCCCCCC)COC(=O)CCCCCCCCCCCCCCCCC(C)C. The third kappa shape index (κ3) is 55.3. The second kappa shape index (κ2) is 56.3. The average molecular weight is 962 g/mol. The molecule has 6 heteroatoms. The molecule has 0 saturated heterocycles. The molecule has 0 rings (SSSR count). The number of rotatable bonds is 57. The van der Waals surface area contributed by atoms with E-state index in [1.807, 2.05) is 0 Å². The van der Waals surface area contributed by atoms with E-state index in [0.29, 0.717) is 19.3 Å². The molecule has 404 valence electrons. The summed E-state index contributed by atoms with van der Waals surface area (Å²) in [5.41, 5.74) is 0. The van der Waals surface area contributed by atoms with Gasteiger partial charge in [0.15, 0.2) is 6.10 Å². The molecule has 0 heterocycles. The average Bonchev–Trinajstić information content (AvgIpc) is 3.32. The van der Waals surface area contributed by atoms with Crippen molar-refractivity contribution < 1.29 is 28.6 Å². The van der Waals surface area contributed by atoms with E-state index in [1.165, 1.54) is 250 Å². The van der Waals surface area contributed by atoms with Gasteiger partial charge in [-0.05, 0) is 25.2 Å². The van der Waals surface area contributed by atoms with Crippen molar-refractivity contribution in [2.75, 3.05) is 13.2 Å². The van der Waals surface area contributed by atoms with Crippen LogP contribution in [-0.2, 0) is 28.6 Å². The zero-order valence-corrected chi connectivity index (χ0v) is 46.6. The van der Waals surface area contributed by atoms with Crippen LogP contribution in [0.3, 0.4) is 0 Å². The molecular formula is C62H120O6. The molecule has 68 heavy (non-hydrogen) atoms. The second-order valence-corrected chi connectivity index (χ2v) is 21.8. The van der Waals surface area contributed by atoms with Crippen molar-refractivity contribution in [3.8, 4) is 0 Å². The molecule has 0 aromatic carbocycles. The highest BCUT2D eigenvalue weighted by Crippen LogP contribution is 2.18. The van der Waals surface area contributed by atoms with Crippen LogP contribution < -0.4 is 0 Å². The Morgan fingerprint density at radius 3 is 0.721 bits per heavy atom. The van der Waals surface area contributed by atoms with Crippen LogP contribution in [-0.4, -0.2) is 37.2 Å². The van der Waals surface area contributed by atoms with Gasteiger partial charge in [0.2, 0.25) is 0 Å². The topological polar surface area (TPSA) is 78.9 Å². The summed E-state index contributed by atoms with van der Waals surface area (Å²) in [4.78, 5) is 38.2. The molecule has 0 fully saturated rings. The normalized spacial score (nSPS) is 12.0. The molecule has 0 radical (unpaired) electrons. The maximum atomic E-state index is 12.9. The van der Waals surface area contributed by atoms with Crippen LogP contribution in [0, 0.1) is 5.92 Å². The highest BCUT2D eigenvalue weighted by molar-refractivity contribution is 5.71. The van der Waals surface area contributed by atoms with Gasteiger partial charge < -0.3 is 14.2 Å². The van der Waals surface area contributed by atoms with Crippen LogP contribution in [0.4, 0.5) is 0 Å². The van der Waals surface area contributed by atoms with Gasteiger partial charge in [-0.3, -0.25) is 14.4 Å². The lowest BCUT2D eigenvalue weighted by atomic mass is 10.0. The highest BCUT2D eigenvalue weighted by atomic mass is 16.6. The largest absolute Gasteiger partial charge is 0.462 e. The van der Waals surface area contributed by atoms with Crippen molar-refractivity contribution in [2.45, 2.75) is 361 Å². The first kappa shape index (κ1) is 66.4. The molecule has 0 amide bonds. The highest BCUT2D eigenvalue weighted by Gasteiger charge is 2.19. The van der Waals surface area contributed by atoms with E-state index in [4.69, 9.17) is 14.2 Å². The number of unbranched alkanes of at least 4 members (excludes halogenated alkanes) is 44. The van der Waals surface area contributed by atoms with E-state index in [0.717, 1.165) is 63.7 Å². The molecule has 0 aliphatic carbocycles. The number of hydrogen-bond donors (Lipinski definition) is 0. The summed E-state index contributed by atoms with van der Waals surface area (Å²) in [7, 11) is 0. The molecule has 0 aromatic heterocycles. The summed E-state index contributed by atoms with van der Waals surface area (Å²) in [6, 6.07) is 0. The van der Waals surface area contributed by atoms with E-state index in [-0.39, 0.29) is 31.1 Å². The quantitative estimate of drug-likeness (QED) is 0.0343. The lowest BCUT2D eigenvalue weighted by Crippen LogP contribution is -2.30. The second-order valence-electron chi connectivity index (χ2n) is 21.8. The van der Waals surface area contributed by atoms with Gasteiger partial charge >= 0.3 is 17.9 Å². The summed E-state index contributed by atoms with van der Waals surface area (Å²) < 4.78 is 16.9. The van der Waals surface area contributed by atoms with Crippen molar-refractivity contribution >= 4 is 17.9 Å². The Kier molecular flexibility index (Phi) is 55.0.